The summed E-state index contributed by atoms with van der Waals surface area (Å²) >= 11 is 0. The molecule has 0 spiro atoms. The lowest BCUT2D eigenvalue weighted by molar-refractivity contribution is -0.136. The Hall–Kier alpha value is -4.84. The van der Waals surface area contributed by atoms with Crippen LogP contribution in [0.2, 0.25) is 0 Å². The standard InChI is InChI=1S/C19H20O4.C15H14O2/c1-3-22-18(19(20)21)12-16-9-10-17(14(2)11-16)23-13-15-7-5-4-6-8-15;1-12-9-14(10-16)7-8-15(12)17-11-13-5-3-2-4-6-13/h4-12H,3,13H2,1-2H3,(H,20,21);2-10H,11H2,1H3. The summed E-state index contributed by atoms with van der Waals surface area (Å²) < 4.78 is 16.6. The molecule has 6 nitrogen and oxygen atoms in total. The van der Waals surface area contributed by atoms with E-state index in [0.717, 1.165) is 45.6 Å². The van der Waals surface area contributed by atoms with Crippen LogP contribution in [-0.2, 0) is 22.7 Å². The van der Waals surface area contributed by atoms with E-state index in [1.54, 1.807) is 13.0 Å². The molecule has 0 saturated heterocycles. The van der Waals surface area contributed by atoms with Gasteiger partial charge in [-0.3, -0.25) is 4.79 Å². The van der Waals surface area contributed by atoms with E-state index >= 15 is 0 Å². The Balaban J connectivity index is 0.000000230. The Kier molecular flexibility index (Phi) is 11.5. The number of hydrogen-bond donors (Lipinski definition) is 1. The molecule has 0 aliphatic heterocycles. The first-order valence-electron chi connectivity index (χ1n) is 13.0. The van der Waals surface area contributed by atoms with Gasteiger partial charge in [-0.05, 0) is 85.0 Å². The third-order valence-electron chi connectivity index (χ3n) is 5.82. The van der Waals surface area contributed by atoms with Gasteiger partial charge >= 0.3 is 5.97 Å². The van der Waals surface area contributed by atoms with Crippen molar-refractivity contribution < 1.29 is 28.9 Å². The Morgan fingerprint density at radius 3 is 1.62 bits per heavy atom. The highest BCUT2D eigenvalue weighted by molar-refractivity contribution is 5.89. The number of aliphatic carboxylic acids is 1. The number of benzene rings is 4. The lowest BCUT2D eigenvalue weighted by atomic mass is 10.1. The Bertz CT molecular complexity index is 1410. The average molecular weight is 539 g/mol. The minimum absolute atomic E-state index is 0.0650. The maximum absolute atomic E-state index is 11.1. The third-order valence-corrected chi connectivity index (χ3v) is 5.82. The van der Waals surface area contributed by atoms with Gasteiger partial charge in [-0.2, -0.15) is 0 Å². The van der Waals surface area contributed by atoms with Gasteiger partial charge in [-0.25, -0.2) is 4.79 Å². The molecule has 1 N–H and O–H groups in total. The lowest BCUT2D eigenvalue weighted by Gasteiger charge is -2.10. The molecule has 4 rings (SSSR count). The van der Waals surface area contributed by atoms with Crippen molar-refractivity contribution >= 4 is 18.3 Å². The summed E-state index contributed by atoms with van der Waals surface area (Å²) in [5.41, 5.74) is 5.59. The number of aryl methyl sites for hydroxylation is 2. The van der Waals surface area contributed by atoms with Crippen molar-refractivity contribution in [3.05, 3.63) is 136 Å². The molecule has 0 heterocycles. The van der Waals surface area contributed by atoms with Gasteiger partial charge in [-0.15, -0.1) is 0 Å². The summed E-state index contributed by atoms with van der Waals surface area (Å²) in [6.07, 6.45) is 2.35. The van der Waals surface area contributed by atoms with Crippen molar-refractivity contribution in [3.8, 4) is 11.5 Å². The van der Waals surface area contributed by atoms with E-state index in [4.69, 9.17) is 19.3 Å². The van der Waals surface area contributed by atoms with Crippen LogP contribution in [0.15, 0.2) is 103 Å². The van der Waals surface area contributed by atoms with E-state index in [-0.39, 0.29) is 5.76 Å². The minimum Gasteiger partial charge on any atom is -0.489 e. The molecule has 206 valence electrons. The van der Waals surface area contributed by atoms with E-state index in [2.05, 4.69) is 0 Å². The highest BCUT2D eigenvalue weighted by Crippen LogP contribution is 2.22. The molecule has 4 aromatic rings. The zero-order valence-corrected chi connectivity index (χ0v) is 23.0. The zero-order chi connectivity index (χ0) is 28.7. The summed E-state index contributed by atoms with van der Waals surface area (Å²) in [6.45, 7) is 6.97. The fourth-order valence-corrected chi connectivity index (χ4v) is 3.77. The van der Waals surface area contributed by atoms with Crippen molar-refractivity contribution in [2.24, 2.45) is 0 Å². The van der Waals surface area contributed by atoms with Gasteiger partial charge in [0.1, 0.15) is 31.0 Å². The molecule has 0 radical (unpaired) electrons. The second kappa shape index (κ2) is 15.5. The Morgan fingerprint density at radius 1 is 0.725 bits per heavy atom. The molecule has 0 fully saturated rings. The van der Waals surface area contributed by atoms with Gasteiger partial charge in [-0.1, -0.05) is 66.7 Å². The van der Waals surface area contributed by atoms with E-state index < -0.39 is 5.97 Å². The van der Waals surface area contributed by atoms with Gasteiger partial charge in [0.15, 0.2) is 0 Å². The fourth-order valence-electron chi connectivity index (χ4n) is 3.77. The molecular weight excluding hydrogens is 504 g/mol. The maximum Gasteiger partial charge on any atom is 0.371 e. The van der Waals surface area contributed by atoms with Crippen LogP contribution < -0.4 is 9.47 Å². The topological polar surface area (TPSA) is 82.1 Å². The average Bonchev–Trinajstić information content (AvgIpc) is 2.97. The second-order valence-electron chi connectivity index (χ2n) is 8.96. The fraction of sp³-hybridized carbons (Fsp3) is 0.176. The van der Waals surface area contributed by atoms with E-state index in [9.17, 15) is 9.59 Å². The number of carbonyl (C=O) groups is 2. The SMILES string of the molecule is CCOC(=Cc1ccc(OCc2ccccc2)c(C)c1)C(=O)O.Cc1cc(C=O)ccc1OCc1ccccc1. The molecule has 0 aromatic heterocycles. The maximum atomic E-state index is 11.1. The van der Waals surface area contributed by atoms with Crippen molar-refractivity contribution in [1.29, 1.82) is 0 Å². The molecule has 0 aliphatic rings. The van der Waals surface area contributed by atoms with Gasteiger partial charge in [0.05, 0.1) is 6.61 Å². The Labute approximate surface area is 235 Å². The summed E-state index contributed by atoms with van der Waals surface area (Å²) in [6, 6.07) is 30.9. The van der Waals surface area contributed by atoms with E-state index in [1.807, 2.05) is 105 Å². The number of carboxylic acid groups (broad SMARTS) is 1. The van der Waals surface area contributed by atoms with Crippen molar-refractivity contribution in [2.75, 3.05) is 6.61 Å². The van der Waals surface area contributed by atoms with Crippen LogP contribution in [-0.4, -0.2) is 24.0 Å². The predicted octanol–water partition coefficient (Wildman–Crippen LogP) is 7.42. The molecule has 4 aromatic carbocycles. The highest BCUT2D eigenvalue weighted by Gasteiger charge is 2.09. The number of carboxylic acids is 1. The van der Waals surface area contributed by atoms with Crippen LogP contribution in [0, 0.1) is 13.8 Å². The van der Waals surface area contributed by atoms with Crippen molar-refractivity contribution in [3.63, 3.8) is 0 Å². The van der Waals surface area contributed by atoms with Gasteiger partial charge in [0.2, 0.25) is 5.76 Å². The Morgan fingerprint density at radius 2 is 1.20 bits per heavy atom. The summed E-state index contributed by atoms with van der Waals surface area (Å²) in [5.74, 6) is 0.456. The van der Waals surface area contributed by atoms with E-state index in [0.29, 0.717) is 25.4 Å². The number of rotatable bonds is 11. The predicted molar refractivity (Wildman–Crippen MR) is 157 cm³/mol. The molecule has 0 bridgehead atoms. The zero-order valence-electron chi connectivity index (χ0n) is 23.0. The molecule has 0 unspecified atom stereocenters. The summed E-state index contributed by atoms with van der Waals surface area (Å²) in [7, 11) is 0. The smallest absolute Gasteiger partial charge is 0.371 e. The quantitative estimate of drug-likeness (QED) is 0.122. The molecule has 0 saturated carbocycles. The van der Waals surface area contributed by atoms with Gasteiger partial charge in [0, 0.05) is 5.56 Å². The van der Waals surface area contributed by atoms with Crippen LogP contribution in [0.25, 0.3) is 6.08 Å². The summed E-state index contributed by atoms with van der Waals surface area (Å²) in [5, 5.41) is 9.08. The van der Waals surface area contributed by atoms with Crippen LogP contribution in [0.3, 0.4) is 0 Å². The monoisotopic (exact) mass is 538 g/mol. The molecule has 0 amide bonds. The van der Waals surface area contributed by atoms with E-state index in [1.165, 1.54) is 6.08 Å². The summed E-state index contributed by atoms with van der Waals surface area (Å²) in [4.78, 5) is 21.7. The first-order valence-corrected chi connectivity index (χ1v) is 13.0. The number of aldehydes is 1. The number of carbonyl (C=O) groups excluding carboxylic acids is 1. The van der Waals surface area contributed by atoms with Crippen LogP contribution in [0.1, 0.15) is 45.1 Å². The lowest BCUT2D eigenvalue weighted by Crippen LogP contribution is -2.04. The first kappa shape index (κ1) is 29.7. The first-order chi connectivity index (χ1) is 19.4. The van der Waals surface area contributed by atoms with Crippen molar-refractivity contribution in [1.82, 2.24) is 0 Å². The van der Waals surface area contributed by atoms with Crippen LogP contribution in [0.5, 0.6) is 11.5 Å². The largest absolute Gasteiger partial charge is 0.489 e. The normalized spacial score (nSPS) is 10.6. The molecule has 6 heteroatoms. The third kappa shape index (κ3) is 9.48. The van der Waals surface area contributed by atoms with Gasteiger partial charge < -0.3 is 19.3 Å². The molecule has 40 heavy (non-hydrogen) atoms. The van der Waals surface area contributed by atoms with Gasteiger partial charge in [0.25, 0.3) is 0 Å². The second-order valence-corrected chi connectivity index (χ2v) is 8.96. The van der Waals surface area contributed by atoms with Crippen molar-refractivity contribution in [2.45, 2.75) is 34.0 Å². The number of ether oxygens (including phenoxy) is 3. The number of hydrogen-bond acceptors (Lipinski definition) is 5. The highest BCUT2D eigenvalue weighted by atomic mass is 16.5. The van der Waals surface area contributed by atoms with Crippen LogP contribution in [0.4, 0.5) is 0 Å². The minimum atomic E-state index is -1.08. The molecule has 0 aliphatic carbocycles. The van der Waals surface area contributed by atoms with Crippen LogP contribution >= 0.6 is 0 Å². The molecular formula is C34H34O6. The molecule has 0 atom stereocenters.